The Bertz CT molecular complexity index is 235. The van der Waals surface area contributed by atoms with Gasteiger partial charge in [-0.3, -0.25) is 0 Å². The first kappa shape index (κ1) is 14.3. The van der Waals surface area contributed by atoms with Crippen molar-refractivity contribution in [2.45, 2.75) is 83.7 Å². The van der Waals surface area contributed by atoms with Crippen molar-refractivity contribution in [3.05, 3.63) is 0 Å². The van der Waals surface area contributed by atoms with Gasteiger partial charge in [0.25, 0.3) is 0 Å². The molecular formula is C16H32N2. The molecule has 0 aromatic heterocycles. The highest BCUT2D eigenvalue weighted by atomic mass is 14.9. The Morgan fingerprint density at radius 3 is 2.17 bits per heavy atom. The maximum absolute atomic E-state index is 5.97. The smallest absolute Gasteiger partial charge is 0.00684 e. The second-order valence-electron chi connectivity index (χ2n) is 7.32. The molecule has 0 bridgehead atoms. The summed E-state index contributed by atoms with van der Waals surface area (Å²) in [5.41, 5.74) is 6.44. The molecule has 106 valence electrons. The van der Waals surface area contributed by atoms with Crippen molar-refractivity contribution in [3.63, 3.8) is 0 Å². The molecule has 2 fully saturated rings. The van der Waals surface area contributed by atoms with E-state index in [4.69, 9.17) is 5.73 Å². The fourth-order valence-corrected chi connectivity index (χ4v) is 3.76. The van der Waals surface area contributed by atoms with Crippen molar-refractivity contribution in [2.75, 3.05) is 6.54 Å². The summed E-state index contributed by atoms with van der Waals surface area (Å²) in [6.07, 6.45) is 12.2. The second-order valence-corrected chi connectivity index (χ2v) is 7.32. The largest absolute Gasteiger partial charge is 0.328 e. The minimum absolute atomic E-state index is 0.467. The van der Waals surface area contributed by atoms with E-state index < -0.39 is 0 Å². The van der Waals surface area contributed by atoms with Gasteiger partial charge in [0.2, 0.25) is 0 Å². The van der Waals surface area contributed by atoms with E-state index in [1.807, 2.05) is 0 Å². The Hall–Kier alpha value is -0.0800. The zero-order valence-electron chi connectivity index (χ0n) is 12.4. The molecule has 0 aromatic rings. The third kappa shape index (κ3) is 3.96. The van der Waals surface area contributed by atoms with Crippen molar-refractivity contribution in [1.29, 1.82) is 0 Å². The Morgan fingerprint density at radius 2 is 1.56 bits per heavy atom. The average molecular weight is 252 g/mol. The van der Waals surface area contributed by atoms with Gasteiger partial charge in [-0.2, -0.15) is 0 Å². The van der Waals surface area contributed by atoms with E-state index in [2.05, 4.69) is 19.2 Å². The van der Waals surface area contributed by atoms with Gasteiger partial charge in [0.05, 0.1) is 0 Å². The Balaban J connectivity index is 1.73. The molecule has 0 spiro atoms. The molecule has 0 aromatic carbocycles. The van der Waals surface area contributed by atoms with Crippen LogP contribution in [-0.2, 0) is 0 Å². The van der Waals surface area contributed by atoms with Crippen LogP contribution in [0.15, 0.2) is 0 Å². The quantitative estimate of drug-likeness (QED) is 0.804. The molecule has 2 rings (SSSR count). The van der Waals surface area contributed by atoms with Crippen LogP contribution in [0.1, 0.15) is 71.6 Å². The molecule has 0 saturated heterocycles. The fourth-order valence-electron chi connectivity index (χ4n) is 3.76. The monoisotopic (exact) mass is 252 g/mol. The van der Waals surface area contributed by atoms with Gasteiger partial charge in [-0.1, -0.05) is 33.1 Å². The average Bonchev–Trinajstić information content (AvgIpc) is 2.39. The van der Waals surface area contributed by atoms with Gasteiger partial charge in [-0.25, -0.2) is 0 Å². The normalized spacial score (nSPS) is 31.5. The fraction of sp³-hybridized carbons (Fsp3) is 1.00. The molecule has 0 radical (unpaired) electrons. The van der Waals surface area contributed by atoms with E-state index in [1.165, 1.54) is 64.3 Å². The van der Waals surface area contributed by atoms with Crippen molar-refractivity contribution in [3.8, 4) is 0 Å². The summed E-state index contributed by atoms with van der Waals surface area (Å²) < 4.78 is 0. The minimum Gasteiger partial charge on any atom is -0.328 e. The summed E-state index contributed by atoms with van der Waals surface area (Å²) in [5.74, 6) is 0.935. The SMILES string of the molecule is CC(C)(CNC1CCC(N)CC1)C1CCCCC1. The second kappa shape index (κ2) is 6.38. The molecule has 0 atom stereocenters. The van der Waals surface area contributed by atoms with Gasteiger partial charge >= 0.3 is 0 Å². The van der Waals surface area contributed by atoms with E-state index in [-0.39, 0.29) is 0 Å². The summed E-state index contributed by atoms with van der Waals surface area (Å²) in [5, 5.41) is 3.82. The topological polar surface area (TPSA) is 38.0 Å². The lowest BCUT2D eigenvalue weighted by molar-refractivity contribution is 0.145. The third-order valence-electron chi connectivity index (χ3n) is 5.33. The molecule has 2 heteroatoms. The van der Waals surface area contributed by atoms with Crippen LogP contribution < -0.4 is 11.1 Å². The van der Waals surface area contributed by atoms with Crippen LogP contribution in [0.5, 0.6) is 0 Å². The van der Waals surface area contributed by atoms with Crippen LogP contribution in [0.25, 0.3) is 0 Å². The van der Waals surface area contributed by atoms with E-state index >= 15 is 0 Å². The summed E-state index contributed by atoms with van der Waals surface area (Å²) in [4.78, 5) is 0. The maximum atomic E-state index is 5.97. The van der Waals surface area contributed by atoms with Crippen molar-refractivity contribution < 1.29 is 0 Å². The highest BCUT2D eigenvalue weighted by molar-refractivity contribution is 4.86. The van der Waals surface area contributed by atoms with Gasteiger partial charge < -0.3 is 11.1 Å². The van der Waals surface area contributed by atoms with Crippen molar-refractivity contribution >= 4 is 0 Å². The van der Waals surface area contributed by atoms with E-state index in [1.54, 1.807) is 0 Å². The first-order valence-corrected chi connectivity index (χ1v) is 8.07. The Kier molecular flexibility index (Phi) is 5.08. The zero-order valence-corrected chi connectivity index (χ0v) is 12.4. The molecule has 0 aliphatic heterocycles. The Morgan fingerprint density at radius 1 is 0.944 bits per heavy atom. The van der Waals surface area contributed by atoms with Crippen LogP contribution >= 0.6 is 0 Å². The van der Waals surface area contributed by atoms with Crippen LogP contribution in [-0.4, -0.2) is 18.6 Å². The van der Waals surface area contributed by atoms with Crippen molar-refractivity contribution in [1.82, 2.24) is 5.32 Å². The molecule has 18 heavy (non-hydrogen) atoms. The molecule has 0 heterocycles. The molecule has 2 aliphatic carbocycles. The van der Waals surface area contributed by atoms with Crippen LogP contribution in [0, 0.1) is 11.3 Å². The highest BCUT2D eigenvalue weighted by Gasteiger charge is 2.31. The van der Waals surface area contributed by atoms with Gasteiger partial charge in [0.15, 0.2) is 0 Å². The first-order valence-electron chi connectivity index (χ1n) is 8.07. The third-order valence-corrected chi connectivity index (χ3v) is 5.33. The molecule has 2 aliphatic rings. The predicted molar refractivity (Wildman–Crippen MR) is 78.6 cm³/mol. The summed E-state index contributed by atoms with van der Waals surface area (Å²) in [7, 11) is 0. The Labute approximate surface area is 113 Å². The molecular weight excluding hydrogens is 220 g/mol. The van der Waals surface area contributed by atoms with Gasteiger partial charge in [0, 0.05) is 18.6 Å². The van der Waals surface area contributed by atoms with Crippen LogP contribution in [0.3, 0.4) is 0 Å². The van der Waals surface area contributed by atoms with Crippen LogP contribution in [0.4, 0.5) is 0 Å². The number of hydrogen-bond donors (Lipinski definition) is 2. The lowest BCUT2D eigenvalue weighted by atomic mass is 9.71. The van der Waals surface area contributed by atoms with E-state index in [0.717, 1.165) is 12.0 Å². The minimum atomic E-state index is 0.467. The maximum Gasteiger partial charge on any atom is 0.00684 e. The molecule has 2 nitrogen and oxygen atoms in total. The summed E-state index contributed by atoms with van der Waals surface area (Å²) in [6, 6.07) is 1.20. The standard InChI is InChI=1S/C16H32N2/c1-16(2,13-6-4-3-5-7-13)12-18-15-10-8-14(17)9-11-15/h13-15,18H,3-12,17H2,1-2H3. The van der Waals surface area contributed by atoms with Gasteiger partial charge in [-0.15, -0.1) is 0 Å². The highest BCUT2D eigenvalue weighted by Crippen LogP contribution is 2.38. The number of hydrogen-bond acceptors (Lipinski definition) is 2. The van der Waals surface area contributed by atoms with Crippen molar-refractivity contribution in [2.24, 2.45) is 17.1 Å². The summed E-state index contributed by atoms with van der Waals surface area (Å²) in [6.45, 7) is 6.12. The number of rotatable bonds is 4. The van der Waals surface area contributed by atoms with Gasteiger partial charge in [0.1, 0.15) is 0 Å². The number of nitrogens with one attached hydrogen (secondary N) is 1. The molecule has 3 N–H and O–H groups in total. The predicted octanol–water partition coefficient (Wildman–Crippen LogP) is 3.45. The first-order chi connectivity index (χ1) is 8.58. The zero-order chi connectivity index (χ0) is 13.0. The summed E-state index contributed by atoms with van der Waals surface area (Å²) >= 11 is 0. The molecule has 2 saturated carbocycles. The van der Waals surface area contributed by atoms with Gasteiger partial charge in [-0.05, 0) is 49.9 Å². The lowest BCUT2D eigenvalue weighted by Crippen LogP contribution is -2.44. The van der Waals surface area contributed by atoms with E-state index in [0.29, 0.717) is 11.5 Å². The van der Waals surface area contributed by atoms with E-state index in [9.17, 15) is 0 Å². The molecule has 0 unspecified atom stereocenters. The molecule has 0 amide bonds. The van der Waals surface area contributed by atoms with Crippen LogP contribution in [0.2, 0.25) is 0 Å². The number of nitrogens with two attached hydrogens (primary N) is 1. The lowest BCUT2D eigenvalue weighted by Gasteiger charge is -2.39.